The van der Waals surface area contributed by atoms with Crippen molar-refractivity contribution >= 4 is 27.3 Å². The largest absolute Gasteiger partial charge is 0.416 e. The number of carbonyl (C=O) groups excluding carboxylic acids is 1. The number of aromatic nitrogens is 1. The smallest absolute Gasteiger partial charge is 0.355 e. The van der Waals surface area contributed by atoms with Crippen LogP contribution in [0.25, 0.3) is 10.6 Å². The SMILES string of the molecule is O=C(Cc1csc(-c2ccc(C(F)(F)F)cc2)n1)NCCS(=O)(=O)NCc1ccccc1. The summed E-state index contributed by atoms with van der Waals surface area (Å²) in [6.07, 6.45) is -4.47. The van der Waals surface area contributed by atoms with Gasteiger partial charge in [0.2, 0.25) is 15.9 Å². The number of amides is 1. The standard InChI is InChI=1S/C21H20F3N3O3S2/c22-21(23,24)17-8-6-16(7-9-17)20-27-18(14-31-20)12-19(28)25-10-11-32(29,30)26-13-15-4-2-1-3-5-15/h1-9,14,26H,10-13H2,(H,25,28). The van der Waals surface area contributed by atoms with Gasteiger partial charge in [-0.3, -0.25) is 4.79 Å². The van der Waals surface area contributed by atoms with Crippen LogP contribution in [0.1, 0.15) is 16.8 Å². The highest BCUT2D eigenvalue weighted by molar-refractivity contribution is 7.89. The molecule has 0 saturated carbocycles. The van der Waals surface area contributed by atoms with Gasteiger partial charge in [0.25, 0.3) is 0 Å². The molecule has 1 aromatic heterocycles. The molecular formula is C21H20F3N3O3S2. The number of sulfonamides is 1. The molecule has 0 atom stereocenters. The summed E-state index contributed by atoms with van der Waals surface area (Å²) in [5, 5.41) is 4.68. The molecule has 0 spiro atoms. The summed E-state index contributed by atoms with van der Waals surface area (Å²) in [5.74, 6) is -0.660. The fourth-order valence-electron chi connectivity index (χ4n) is 2.74. The van der Waals surface area contributed by atoms with E-state index < -0.39 is 27.7 Å². The molecule has 170 valence electrons. The Bertz CT molecular complexity index is 1150. The van der Waals surface area contributed by atoms with E-state index in [4.69, 9.17) is 0 Å². The van der Waals surface area contributed by atoms with E-state index >= 15 is 0 Å². The molecule has 1 heterocycles. The normalized spacial score (nSPS) is 12.0. The van der Waals surface area contributed by atoms with Gasteiger partial charge < -0.3 is 5.32 Å². The van der Waals surface area contributed by atoms with Crippen molar-refractivity contribution < 1.29 is 26.4 Å². The topological polar surface area (TPSA) is 88.2 Å². The van der Waals surface area contributed by atoms with Gasteiger partial charge in [0.15, 0.2) is 0 Å². The number of hydrogen-bond donors (Lipinski definition) is 2. The summed E-state index contributed by atoms with van der Waals surface area (Å²) in [6, 6.07) is 13.7. The monoisotopic (exact) mass is 483 g/mol. The van der Waals surface area contributed by atoms with E-state index in [1.54, 1.807) is 17.5 Å². The lowest BCUT2D eigenvalue weighted by atomic mass is 10.1. The Morgan fingerprint density at radius 1 is 1.03 bits per heavy atom. The highest BCUT2D eigenvalue weighted by atomic mass is 32.2. The Balaban J connectivity index is 1.46. The molecule has 0 saturated heterocycles. The van der Waals surface area contributed by atoms with Crippen LogP contribution in [0.3, 0.4) is 0 Å². The van der Waals surface area contributed by atoms with Gasteiger partial charge in [0.05, 0.1) is 23.4 Å². The number of halogens is 3. The molecule has 0 aliphatic rings. The van der Waals surface area contributed by atoms with E-state index in [2.05, 4.69) is 15.0 Å². The number of benzene rings is 2. The van der Waals surface area contributed by atoms with Crippen LogP contribution in [-0.2, 0) is 34.0 Å². The average Bonchev–Trinajstić information content (AvgIpc) is 3.21. The van der Waals surface area contributed by atoms with Crippen molar-refractivity contribution in [1.82, 2.24) is 15.0 Å². The van der Waals surface area contributed by atoms with Crippen LogP contribution >= 0.6 is 11.3 Å². The lowest BCUT2D eigenvalue weighted by Crippen LogP contribution is -2.34. The molecule has 6 nitrogen and oxygen atoms in total. The van der Waals surface area contributed by atoms with Crippen molar-refractivity contribution in [3.8, 4) is 10.6 Å². The van der Waals surface area contributed by atoms with Gasteiger partial charge in [-0.1, -0.05) is 42.5 Å². The molecule has 3 rings (SSSR count). The molecule has 1 amide bonds. The number of nitrogens with one attached hydrogen (secondary N) is 2. The summed E-state index contributed by atoms with van der Waals surface area (Å²) in [7, 11) is -3.55. The summed E-state index contributed by atoms with van der Waals surface area (Å²) in [4.78, 5) is 16.4. The van der Waals surface area contributed by atoms with Crippen molar-refractivity contribution in [2.45, 2.75) is 19.1 Å². The molecule has 2 aromatic carbocycles. The van der Waals surface area contributed by atoms with Crippen LogP contribution < -0.4 is 10.0 Å². The maximum atomic E-state index is 12.7. The van der Waals surface area contributed by atoms with E-state index in [1.165, 1.54) is 23.5 Å². The van der Waals surface area contributed by atoms with Crippen molar-refractivity contribution in [2.75, 3.05) is 12.3 Å². The number of carbonyl (C=O) groups is 1. The molecule has 32 heavy (non-hydrogen) atoms. The zero-order valence-electron chi connectivity index (χ0n) is 16.7. The van der Waals surface area contributed by atoms with Crippen LogP contribution in [0, 0.1) is 0 Å². The molecule has 0 bridgehead atoms. The predicted molar refractivity (Wildman–Crippen MR) is 116 cm³/mol. The third-order valence-corrected chi connectivity index (χ3v) is 6.65. The fourth-order valence-corrected chi connectivity index (χ4v) is 4.46. The highest BCUT2D eigenvalue weighted by Gasteiger charge is 2.30. The Morgan fingerprint density at radius 2 is 1.72 bits per heavy atom. The summed E-state index contributed by atoms with van der Waals surface area (Å²) in [5.41, 5.74) is 1.05. The quantitative estimate of drug-likeness (QED) is 0.487. The minimum absolute atomic E-state index is 0.0567. The number of rotatable bonds is 9. The first kappa shape index (κ1) is 23.9. The molecule has 0 fully saturated rings. The van der Waals surface area contributed by atoms with Crippen LogP contribution in [0.4, 0.5) is 13.2 Å². The first-order valence-electron chi connectivity index (χ1n) is 9.52. The third-order valence-electron chi connectivity index (χ3n) is 4.38. The minimum atomic E-state index is -4.41. The first-order chi connectivity index (χ1) is 15.1. The van der Waals surface area contributed by atoms with Crippen LogP contribution in [0.2, 0.25) is 0 Å². The predicted octanol–water partition coefficient (Wildman–Crippen LogP) is 3.61. The molecule has 0 aliphatic carbocycles. The second kappa shape index (κ2) is 10.2. The second-order valence-corrected chi connectivity index (χ2v) is 9.66. The summed E-state index contributed by atoms with van der Waals surface area (Å²) < 4.78 is 64.6. The molecular weight excluding hydrogens is 463 g/mol. The van der Waals surface area contributed by atoms with Crippen LogP contribution in [0.5, 0.6) is 0 Å². The van der Waals surface area contributed by atoms with Crippen LogP contribution in [0.15, 0.2) is 60.0 Å². The number of thiazole rings is 1. The van der Waals surface area contributed by atoms with Gasteiger partial charge in [-0.05, 0) is 17.7 Å². The Kier molecular flexibility index (Phi) is 7.64. The number of nitrogens with zero attached hydrogens (tertiary/aromatic N) is 1. The van der Waals surface area contributed by atoms with E-state index in [0.29, 0.717) is 16.3 Å². The molecule has 2 N–H and O–H groups in total. The molecule has 0 radical (unpaired) electrons. The van der Waals surface area contributed by atoms with E-state index in [-0.39, 0.29) is 25.3 Å². The Morgan fingerprint density at radius 3 is 2.38 bits per heavy atom. The molecule has 0 unspecified atom stereocenters. The average molecular weight is 484 g/mol. The fraction of sp³-hybridized carbons (Fsp3) is 0.238. The van der Waals surface area contributed by atoms with Gasteiger partial charge in [-0.15, -0.1) is 11.3 Å². The summed E-state index contributed by atoms with van der Waals surface area (Å²) >= 11 is 1.21. The Hall–Kier alpha value is -2.76. The summed E-state index contributed by atoms with van der Waals surface area (Å²) in [6.45, 7) is 0.113. The van der Waals surface area contributed by atoms with Crippen molar-refractivity contribution in [3.63, 3.8) is 0 Å². The second-order valence-electron chi connectivity index (χ2n) is 6.87. The third kappa shape index (κ3) is 7.14. The number of hydrogen-bond acceptors (Lipinski definition) is 5. The lowest BCUT2D eigenvalue weighted by molar-refractivity contribution is -0.137. The van der Waals surface area contributed by atoms with Gasteiger partial charge >= 0.3 is 6.18 Å². The first-order valence-corrected chi connectivity index (χ1v) is 12.1. The molecule has 0 aliphatic heterocycles. The van der Waals surface area contributed by atoms with E-state index in [1.807, 2.05) is 18.2 Å². The van der Waals surface area contributed by atoms with Gasteiger partial charge in [-0.25, -0.2) is 18.1 Å². The number of alkyl halides is 3. The van der Waals surface area contributed by atoms with Crippen LogP contribution in [-0.4, -0.2) is 31.6 Å². The maximum Gasteiger partial charge on any atom is 0.416 e. The maximum absolute atomic E-state index is 12.7. The highest BCUT2D eigenvalue weighted by Crippen LogP contribution is 2.31. The zero-order valence-corrected chi connectivity index (χ0v) is 18.4. The minimum Gasteiger partial charge on any atom is -0.355 e. The Labute approximate surface area is 187 Å². The van der Waals surface area contributed by atoms with Gasteiger partial charge in [0, 0.05) is 24.0 Å². The zero-order chi connectivity index (χ0) is 23.2. The van der Waals surface area contributed by atoms with E-state index in [0.717, 1.165) is 17.7 Å². The molecule has 3 aromatic rings. The molecule has 11 heteroatoms. The lowest BCUT2D eigenvalue weighted by Gasteiger charge is -2.08. The van der Waals surface area contributed by atoms with Gasteiger partial charge in [-0.2, -0.15) is 13.2 Å². The van der Waals surface area contributed by atoms with E-state index in [9.17, 15) is 26.4 Å². The van der Waals surface area contributed by atoms with Crippen molar-refractivity contribution in [3.05, 3.63) is 76.8 Å². The van der Waals surface area contributed by atoms with Crippen molar-refractivity contribution in [2.24, 2.45) is 0 Å². The van der Waals surface area contributed by atoms with Crippen molar-refractivity contribution in [1.29, 1.82) is 0 Å². The van der Waals surface area contributed by atoms with Gasteiger partial charge in [0.1, 0.15) is 5.01 Å².